The van der Waals surface area contributed by atoms with Gasteiger partial charge in [0.15, 0.2) is 0 Å². The van der Waals surface area contributed by atoms with Crippen molar-refractivity contribution in [3.05, 3.63) is 42.0 Å². The fourth-order valence-corrected chi connectivity index (χ4v) is 1.76. The zero-order valence-corrected chi connectivity index (χ0v) is 9.59. The summed E-state index contributed by atoms with van der Waals surface area (Å²) in [6, 6.07) is 11.5. The second-order valence-electron chi connectivity index (χ2n) is 3.82. The third kappa shape index (κ3) is 2.55. The molecule has 90 valence electrons. The summed E-state index contributed by atoms with van der Waals surface area (Å²) < 4.78 is 5.15. The molecule has 0 saturated carbocycles. The molecule has 4 heteroatoms. The Morgan fingerprint density at radius 3 is 2.59 bits per heavy atom. The van der Waals surface area contributed by atoms with Gasteiger partial charge in [-0.25, -0.2) is 5.90 Å². The van der Waals surface area contributed by atoms with Crippen molar-refractivity contribution in [2.24, 2.45) is 5.90 Å². The van der Waals surface area contributed by atoms with Crippen LogP contribution in [0.2, 0.25) is 0 Å². The second kappa shape index (κ2) is 5.14. The van der Waals surface area contributed by atoms with Crippen LogP contribution in [0.5, 0.6) is 5.75 Å². The lowest BCUT2D eigenvalue weighted by Crippen LogP contribution is -2.10. The average Bonchev–Trinajstić information content (AvgIpc) is 2.37. The van der Waals surface area contributed by atoms with E-state index in [9.17, 15) is 5.11 Å². The van der Waals surface area contributed by atoms with Gasteiger partial charge in [0.2, 0.25) is 0 Å². The van der Waals surface area contributed by atoms with E-state index in [2.05, 4.69) is 4.84 Å². The van der Waals surface area contributed by atoms with Crippen LogP contribution in [0.25, 0.3) is 10.8 Å². The van der Waals surface area contributed by atoms with Gasteiger partial charge in [0.25, 0.3) is 0 Å². The van der Waals surface area contributed by atoms with E-state index in [-0.39, 0.29) is 6.61 Å². The third-order valence-corrected chi connectivity index (χ3v) is 2.71. The Bertz CT molecular complexity index is 513. The quantitative estimate of drug-likeness (QED) is 0.790. The minimum absolute atomic E-state index is 0.0850. The molecular formula is C13H15NO3. The van der Waals surface area contributed by atoms with Gasteiger partial charge in [0.05, 0.1) is 13.7 Å². The molecule has 0 aliphatic carbocycles. The molecule has 17 heavy (non-hydrogen) atoms. The van der Waals surface area contributed by atoms with E-state index in [4.69, 9.17) is 10.6 Å². The highest BCUT2D eigenvalue weighted by Crippen LogP contribution is 2.24. The van der Waals surface area contributed by atoms with E-state index in [0.717, 1.165) is 22.1 Å². The molecule has 0 amide bonds. The van der Waals surface area contributed by atoms with Crippen molar-refractivity contribution >= 4 is 10.8 Å². The highest BCUT2D eigenvalue weighted by atomic mass is 16.6. The molecule has 0 aliphatic rings. The van der Waals surface area contributed by atoms with Gasteiger partial charge in [0, 0.05) is 0 Å². The number of fused-ring (bicyclic) bond motifs is 1. The third-order valence-electron chi connectivity index (χ3n) is 2.71. The lowest BCUT2D eigenvalue weighted by atomic mass is 10.0. The number of benzene rings is 2. The van der Waals surface area contributed by atoms with Crippen molar-refractivity contribution < 1.29 is 14.7 Å². The van der Waals surface area contributed by atoms with Crippen LogP contribution in [0, 0.1) is 0 Å². The Morgan fingerprint density at radius 1 is 1.18 bits per heavy atom. The molecule has 0 bridgehead atoms. The van der Waals surface area contributed by atoms with Gasteiger partial charge in [0.1, 0.15) is 11.9 Å². The van der Waals surface area contributed by atoms with Gasteiger partial charge < -0.3 is 14.7 Å². The van der Waals surface area contributed by atoms with Gasteiger partial charge in [-0.3, -0.25) is 0 Å². The maximum atomic E-state index is 9.75. The maximum absolute atomic E-state index is 9.75. The SMILES string of the molecule is COc1ccc2cc(C(O)CON)ccc2c1. The molecule has 4 nitrogen and oxygen atoms in total. The number of aliphatic hydroxyl groups is 1. The summed E-state index contributed by atoms with van der Waals surface area (Å²) in [5, 5.41) is 11.9. The Morgan fingerprint density at radius 2 is 1.88 bits per heavy atom. The number of hydrogen-bond donors (Lipinski definition) is 2. The second-order valence-corrected chi connectivity index (χ2v) is 3.82. The maximum Gasteiger partial charge on any atom is 0.119 e. The monoisotopic (exact) mass is 233 g/mol. The molecule has 2 rings (SSSR count). The molecule has 1 unspecified atom stereocenters. The number of aliphatic hydroxyl groups excluding tert-OH is 1. The van der Waals surface area contributed by atoms with Crippen LogP contribution in [0.15, 0.2) is 36.4 Å². The number of methoxy groups -OCH3 is 1. The molecular weight excluding hydrogens is 218 g/mol. The first-order chi connectivity index (χ1) is 8.24. The minimum Gasteiger partial charge on any atom is -0.497 e. The predicted molar refractivity (Wildman–Crippen MR) is 65.6 cm³/mol. The molecule has 0 aromatic heterocycles. The van der Waals surface area contributed by atoms with Crippen LogP contribution in [-0.2, 0) is 4.84 Å². The van der Waals surface area contributed by atoms with Crippen molar-refractivity contribution in [1.82, 2.24) is 0 Å². The van der Waals surface area contributed by atoms with E-state index in [1.54, 1.807) is 7.11 Å². The molecule has 0 heterocycles. The van der Waals surface area contributed by atoms with E-state index >= 15 is 0 Å². The summed E-state index contributed by atoms with van der Waals surface area (Å²) in [6.45, 7) is 0.0850. The Balaban J connectivity index is 2.37. The van der Waals surface area contributed by atoms with Crippen molar-refractivity contribution in [1.29, 1.82) is 0 Å². The Labute approximate surface area is 99.5 Å². The van der Waals surface area contributed by atoms with Gasteiger partial charge >= 0.3 is 0 Å². The normalized spacial score (nSPS) is 12.6. The largest absolute Gasteiger partial charge is 0.497 e. The van der Waals surface area contributed by atoms with Crippen LogP contribution in [0.3, 0.4) is 0 Å². The smallest absolute Gasteiger partial charge is 0.119 e. The molecule has 0 aliphatic heterocycles. The van der Waals surface area contributed by atoms with Crippen molar-refractivity contribution in [2.75, 3.05) is 13.7 Å². The molecule has 0 radical (unpaired) electrons. The first-order valence-corrected chi connectivity index (χ1v) is 5.32. The van der Waals surface area contributed by atoms with E-state index in [0.29, 0.717) is 0 Å². The lowest BCUT2D eigenvalue weighted by molar-refractivity contribution is 0.0359. The van der Waals surface area contributed by atoms with Gasteiger partial charge in [-0.15, -0.1) is 0 Å². The van der Waals surface area contributed by atoms with Gasteiger partial charge in [-0.05, 0) is 34.5 Å². The van der Waals surface area contributed by atoms with Gasteiger partial charge in [-0.1, -0.05) is 18.2 Å². The molecule has 2 aromatic rings. The van der Waals surface area contributed by atoms with Crippen LogP contribution < -0.4 is 10.6 Å². The van der Waals surface area contributed by atoms with Crippen LogP contribution in [0.4, 0.5) is 0 Å². The Hall–Kier alpha value is -1.62. The van der Waals surface area contributed by atoms with Crippen LogP contribution in [0.1, 0.15) is 11.7 Å². The van der Waals surface area contributed by atoms with Crippen LogP contribution in [-0.4, -0.2) is 18.8 Å². The molecule has 0 fully saturated rings. The lowest BCUT2D eigenvalue weighted by Gasteiger charge is -2.10. The first-order valence-electron chi connectivity index (χ1n) is 5.32. The molecule has 0 spiro atoms. The number of hydrogen-bond acceptors (Lipinski definition) is 4. The summed E-state index contributed by atoms with van der Waals surface area (Å²) in [6.07, 6.45) is -0.702. The predicted octanol–water partition coefficient (Wildman–Crippen LogP) is 1.77. The fraction of sp³-hybridized carbons (Fsp3) is 0.231. The zero-order valence-electron chi connectivity index (χ0n) is 9.59. The molecule has 3 N–H and O–H groups in total. The standard InChI is InChI=1S/C13H15NO3/c1-16-12-5-4-9-6-11(13(15)8-17-14)3-2-10(9)7-12/h2-7,13,15H,8,14H2,1H3. The molecule has 1 atom stereocenters. The molecule has 0 saturated heterocycles. The van der Waals surface area contributed by atoms with E-state index < -0.39 is 6.10 Å². The van der Waals surface area contributed by atoms with E-state index in [1.165, 1.54) is 0 Å². The van der Waals surface area contributed by atoms with Crippen molar-refractivity contribution in [2.45, 2.75) is 6.10 Å². The van der Waals surface area contributed by atoms with Gasteiger partial charge in [-0.2, -0.15) is 0 Å². The Kier molecular flexibility index (Phi) is 3.58. The summed E-state index contributed by atoms with van der Waals surface area (Å²) in [4.78, 5) is 4.44. The summed E-state index contributed by atoms with van der Waals surface area (Å²) in [5.41, 5.74) is 0.785. The summed E-state index contributed by atoms with van der Waals surface area (Å²) >= 11 is 0. The summed E-state index contributed by atoms with van der Waals surface area (Å²) in [7, 11) is 1.64. The average molecular weight is 233 g/mol. The number of nitrogens with two attached hydrogens (primary N) is 1. The fourth-order valence-electron chi connectivity index (χ4n) is 1.76. The number of rotatable bonds is 4. The highest BCUT2D eigenvalue weighted by molar-refractivity contribution is 5.84. The highest BCUT2D eigenvalue weighted by Gasteiger charge is 2.08. The topological polar surface area (TPSA) is 64.7 Å². The first kappa shape index (κ1) is 11.9. The van der Waals surface area contributed by atoms with Crippen molar-refractivity contribution in [3.63, 3.8) is 0 Å². The van der Waals surface area contributed by atoms with Crippen molar-refractivity contribution in [3.8, 4) is 5.75 Å². The summed E-state index contributed by atoms with van der Waals surface area (Å²) in [5.74, 6) is 5.76. The zero-order chi connectivity index (χ0) is 12.3. The minimum atomic E-state index is -0.702. The number of ether oxygens (including phenoxy) is 1. The molecule has 2 aromatic carbocycles. The van der Waals surface area contributed by atoms with Crippen LogP contribution >= 0.6 is 0 Å². The van der Waals surface area contributed by atoms with E-state index in [1.807, 2.05) is 36.4 Å².